The molecule has 9 rings (SSSR count). The van der Waals surface area contributed by atoms with Gasteiger partial charge in [0.05, 0.1) is 0 Å². The number of hydrogen-bond donors (Lipinski definition) is 0. The molecule has 0 aliphatic rings. The van der Waals surface area contributed by atoms with Crippen LogP contribution in [0, 0.1) is 11.8 Å². The van der Waals surface area contributed by atoms with E-state index in [0.717, 1.165) is 22.3 Å². The quantitative estimate of drug-likeness (QED) is 0.144. The fourth-order valence-corrected chi connectivity index (χ4v) is 7.08. The molecule has 0 fully saturated rings. The molecule has 0 amide bonds. The molecule has 0 saturated heterocycles. The van der Waals surface area contributed by atoms with Crippen molar-refractivity contribution in [2.24, 2.45) is 0 Å². The molecular formula is C47H29N. The molecule has 0 saturated carbocycles. The molecule has 0 aliphatic carbocycles. The number of nitrogens with zero attached hydrogens (tertiary/aromatic N) is 1. The van der Waals surface area contributed by atoms with Gasteiger partial charge in [-0.3, -0.25) is 4.98 Å². The molecule has 0 unspecified atom stereocenters. The summed E-state index contributed by atoms with van der Waals surface area (Å²) in [4.78, 5) is 4.24. The summed E-state index contributed by atoms with van der Waals surface area (Å²) in [7, 11) is 0. The topological polar surface area (TPSA) is 12.9 Å². The first kappa shape index (κ1) is 27.8. The van der Waals surface area contributed by atoms with Crippen molar-refractivity contribution >= 4 is 43.1 Å². The second kappa shape index (κ2) is 11.7. The lowest BCUT2D eigenvalue weighted by Crippen LogP contribution is -1.93. The van der Waals surface area contributed by atoms with Crippen molar-refractivity contribution < 1.29 is 0 Å². The largest absolute Gasteiger partial charge is 0.263 e. The lowest BCUT2D eigenvalue weighted by Gasteiger charge is -2.19. The summed E-state index contributed by atoms with van der Waals surface area (Å²) in [5.41, 5.74) is 9.07. The third-order valence-corrected chi connectivity index (χ3v) is 9.34. The lowest BCUT2D eigenvalue weighted by atomic mass is 9.84. The zero-order chi connectivity index (χ0) is 31.9. The zero-order valence-electron chi connectivity index (χ0n) is 26.2. The molecule has 1 nitrogen and oxygen atoms in total. The molecule has 0 aliphatic heterocycles. The van der Waals surface area contributed by atoms with Crippen molar-refractivity contribution in [2.75, 3.05) is 0 Å². The second-order valence-corrected chi connectivity index (χ2v) is 12.2. The van der Waals surface area contributed by atoms with Gasteiger partial charge in [0.25, 0.3) is 0 Å². The lowest BCUT2D eigenvalue weighted by molar-refractivity contribution is 1.31. The van der Waals surface area contributed by atoms with Gasteiger partial charge in [0.1, 0.15) is 0 Å². The van der Waals surface area contributed by atoms with Crippen LogP contribution in [0.3, 0.4) is 0 Å². The summed E-state index contributed by atoms with van der Waals surface area (Å²) in [6.45, 7) is 0. The Morgan fingerprint density at radius 2 is 0.938 bits per heavy atom. The molecule has 1 aromatic heterocycles. The zero-order valence-corrected chi connectivity index (χ0v) is 26.2. The predicted molar refractivity (Wildman–Crippen MR) is 203 cm³/mol. The van der Waals surface area contributed by atoms with Crippen LogP contribution < -0.4 is 0 Å². The first-order valence-electron chi connectivity index (χ1n) is 16.3. The van der Waals surface area contributed by atoms with Crippen molar-refractivity contribution in [3.05, 3.63) is 187 Å². The minimum Gasteiger partial charge on any atom is -0.263 e. The predicted octanol–water partition coefficient (Wildman–Crippen LogP) is 12.1. The molecular weight excluding hydrogens is 579 g/mol. The second-order valence-electron chi connectivity index (χ2n) is 12.2. The van der Waals surface area contributed by atoms with Crippen LogP contribution in [0.5, 0.6) is 0 Å². The van der Waals surface area contributed by atoms with Crippen LogP contribution in [-0.4, -0.2) is 4.98 Å². The van der Waals surface area contributed by atoms with Gasteiger partial charge in [0.2, 0.25) is 0 Å². The maximum atomic E-state index is 4.24. The smallest absolute Gasteiger partial charge is 0.0432 e. The maximum Gasteiger partial charge on any atom is 0.0432 e. The number of benzene rings is 8. The van der Waals surface area contributed by atoms with Crippen LogP contribution in [-0.2, 0) is 0 Å². The van der Waals surface area contributed by atoms with Gasteiger partial charge in [-0.1, -0.05) is 139 Å². The van der Waals surface area contributed by atoms with Crippen molar-refractivity contribution in [1.29, 1.82) is 0 Å². The maximum absolute atomic E-state index is 4.24. The Morgan fingerprint density at radius 1 is 0.375 bits per heavy atom. The van der Waals surface area contributed by atoms with Gasteiger partial charge in [-0.05, 0) is 113 Å². The van der Waals surface area contributed by atoms with Crippen LogP contribution in [0.2, 0.25) is 0 Å². The van der Waals surface area contributed by atoms with Crippen LogP contribution in [0.15, 0.2) is 176 Å². The van der Waals surface area contributed by atoms with E-state index in [1.807, 2.05) is 12.1 Å². The van der Waals surface area contributed by atoms with E-state index in [2.05, 4.69) is 168 Å². The van der Waals surface area contributed by atoms with Gasteiger partial charge in [-0.2, -0.15) is 0 Å². The van der Waals surface area contributed by atoms with E-state index in [1.165, 1.54) is 65.3 Å². The Bertz CT molecular complexity index is 2730. The number of aromatic nitrogens is 1. The summed E-state index contributed by atoms with van der Waals surface area (Å²) in [5.74, 6) is 6.76. The molecule has 9 aromatic rings. The summed E-state index contributed by atoms with van der Waals surface area (Å²) < 4.78 is 0. The monoisotopic (exact) mass is 607 g/mol. The van der Waals surface area contributed by atoms with Gasteiger partial charge in [0, 0.05) is 23.5 Å². The van der Waals surface area contributed by atoms with Crippen molar-refractivity contribution in [1.82, 2.24) is 4.98 Å². The van der Waals surface area contributed by atoms with E-state index in [9.17, 15) is 0 Å². The van der Waals surface area contributed by atoms with Crippen molar-refractivity contribution in [3.63, 3.8) is 0 Å². The fraction of sp³-hybridized carbons (Fsp3) is 0. The normalized spacial score (nSPS) is 11.2. The van der Waals surface area contributed by atoms with E-state index in [0.29, 0.717) is 0 Å². The van der Waals surface area contributed by atoms with E-state index in [4.69, 9.17) is 0 Å². The fourth-order valence-electron chi connectivity index (χ4n) is 7.08. The highest BCUT2D eigenvalue weighted by atomic mass is 14.6. The first-order valence-corrected chi connectivity index (χ1v) is 16.3. The van der Waals surface area contributed by atoms with Crippen molar-refractivity contribution in [3.8, 4) is 45.2 Å². The molecule has 0 atom stereocenters. The van der Waals surface area contributed by atoms with Gasteiger partial charge < -0.3 is 0 Å². The van der Waals surface area contributed by atoms with Gasteiger partial charge in [0.15, 0.2) is 0 Å². The molecule has 48 heavy (non-hydrogen) atoms. The summed E-state index contributed by atoms with van der Waals surface area (Å²) >= 11 is 0. The Balaban J connectivity index is 1.35. The standard InChI is InChI=1S/C47H29N/c1-3-14-36-28-39(23-21-33(36)11-1)46-42-17-7-8-18-43(42)47(40-24-22-34-12-2-4-15-37(34)29-40)45-30-38(25-26-44(45)46)41-16-6-5-13-35(41)20-19-32-10-9-27-48-31-32/h1-18,21-31H. The highest BCUT2D eigenvalue weighted by Crippen LogP contribution is 2.45. The molecule has 0 bridgehead atoms. The van der Waals surface area contributed by atoms with E-state index < -0.39 is 0 Å². The average Bonchev–Trinajstić information content (AvgIpc) is 3.16. The van der Waals surface area contributed by atoms with Crippen LogP contribution in [0.4, 0.5) is 0 Å². The minimum absolute atomic E-state index is 0.899. The molecule has 1 heterocycles. The number of fused-ring (bicyclic) bond motifs is 4. The Hall–Kier alpha value is -6.49. The first-order chi connectivity index (χ1) is 23.8. The molecule has 1 heteroatoms. The van der Waals surface area contributed by atoms with E-state index in [1.54, 1.807) is 12.4 Å². The van der Waals surface area contributed by atoms with E-state index >= 15 is 0 Å². The number of pyridine rings is 1. The van der Waals surface area contributed by atoms with Crippen molar-refractivity contribution in [2.45, 2.75) is 0 Å². The summed E-state index contributed by atoms with van der Waals surface area (Å²) in [6, 6.07) is 59.1. The van der Waals surface area contributed by atoms with E-state index in [-0.39, 0.29) is 0 Å². The molecule has 8 aromatic carbocycles. The SMILES string of the molecule is C(#Cc1ccccc1-c1ccc2c(-c3ccc4ccccc4c3)c3ccccc3c(-c3ccc4ccccc4c3)c2c1)c1cccnc1. The Kier molecular flexibility index (Phi) is 6.78. The van der Waals surface area contributed by atoms with Crippen LogP contribution in [0.25, 0.3) is 76.5 Å². The van der Waals surface area contributed by atoms with Gasteiger partial charge in [-0.25, -0.2) is 0 Å². The third kappa shape index (κ3) is 4.89. The van der Waals surface area contributed by atoms with Crippen LogP contribution in [0.1, 0.15) is 11.1 Å². The van der Waals surface area contributed by atoms with Crippen LogP contribution >= 0.6 is 0 Å². The number of rotatable bonds is 3. The number of hydrogen-bond acceptors (Lipinski definition) is 1. The minimum atomic E-state index is 0.899. The summed E-state index contributed by atoms with van der Waals surface area (Å²) in [5, 5.41) is 9.90. The molecule has 222 valence electrons. The highest BCUT2D eigenvalue weighted by Gasteiger charge is 2.18. The highest BCUT2D eigenvalue weighted by molar-refractivity contribution is 6.22. The Labute approximate surface area is 279 Å². The average molecular weight is 608 g/mol. The Morgan fingerprint density at radius 3 is 1.60 bits per heavy atom. The third-order valence-electron chi connectivity index (χ3n) is 9.34. The van der Waals surface area contributed by atoms with Gasteiger partial charge >= 0.3 is 0 Å². The molecule has 0 spiro atoms. The summed E-state index contributed by atoms with van der Waals surface area (Å²) in [6.07, 6.45) is 3.58. The molecule has 0 radical (unpaired) electrons. The van der Waals surface area contributed by atoms with Gasteiger partial charge in [-0.15, -0.1) is 0 Å². The molecule has 0 N–H and O–H groups in total.